The Morgan fingerprint density at radius 2 is 1.83 bits per heavy atom. The number of hydrogen-bond acceptors (Lipinski definition) is 4. The number of ether oxygens (including phenoxy) is 1. The summed E-state index contributed by atoms with van der Waals surface area (Å²) in [5, 5.41) is 9.07. The molecule has 35 heavy (non-hydrogen) atoms. The van der Waals surface area contributed by atoms with Gasteiger partial charge in [-0.1, -0.05) is 82.1 Å². The van der Waals surface area contributed by atoms with Crippen LogP contribution in [0.2, 0.25) is 5.02 Å². The summed E-state index contributed by atoms with van der Waals surface area (Å²) in [6.45, 7) is -0.251. The third kappa shape index (κ3) is 4.85. The van der Waals surface area contributed by atoms with Gasteiger partial charge in [-0.15, -0.1) is 0 Å². The van der Waals surface area contributed by atoms with Crippen LogP contribution in [0.25, 0.3) is 10.8 Å². The van der Waals surface area contributed by atoms with Gasteiger partial charge in [0.05, 0.1) is 17.3 Å². The molecule has 5 nitrogen and oxygen atoms in total. The maximum Gasteiger partial charge on any atom is 0.281 e. The summed E-state index contributed by atoms with van der Waals surface area (Å²) in [4.78, 5) is 24.8. The van der Waals surface area contributed by atoms with Gasteiger partial charge in [0.1, 0.15) is 5.75 Å². The summed E-state index contributed by atoms with van der Waals surface area (Å²) in [6.07, 6.45) is 1.26. The molecule has 0 saturated carbocycles. The van der Waals surface area contributed by atoms with Crippen LogP contribution >= 0.6 is 27.5 Å². The smallest absolute Gasteiger partial charge is 0.281 e. The molecule has 7 heteroatoms. The quantitative estimate of drug-likeness (QED) is 0.249. The maximum atomic E-state index is 13.3. The molecule has 0 spiro atoms. The first-order valence-electron chi connectivity index (χ1n) is 11.0. The van der Waals surface area contributed by atoms with E-state index in [0.717, 1.165) is 32.1 Å². The summed E-state index contributed by atoms with van der Waals surface area (Å²) < 4.78 is 6.49. The van der Waals surface area contributed by atoms with Gasteiger partial charge in [-0.25, -0.2) is 5.01 Å². The average Bonchev–Trinajstić information content (AvgIpc) is 3.33. The Morgan fingerprint density at radius 3 is 2.63 bits per heavy atom. The highest BCUT2D eigenvalue weighted by Gasteiger charge is 2.33. The number of carbonyl (C=O) groups is 2. The Hall–Kier alpha value is -3.48. The molecule has 1 aliphatic rings. The van der Waals surface area contributed by atoms with Crippen LogP contribution in [0.5, 0.6) is 5.75 Å². The molecule has 5 rings (SSSR count). The second-order valence-corrected chi connectivity index (χ2v) is 9.52. The Morgan fingerprint density at radius 1 is 1.06 bits per heavy atom. The van der Waals surface area contributed by atoms with E-state index in [1.165, 1.54) is 5.01 Å². The van der Waals surface area contributed by atoms with Gasteiger partial charge in [0.15, 0.2) is 12.9 Å². The second kappa shape index (κ2) is 10.0. The minimum Gasteiger partial charge on any atom is -0.483 e. The van der Waals surface area contributed by atoms with E-state index in [1.807, 2.05) is 48.5 Å². The molecule has 1 atom stereocenters. The van der Waals surface area contributed by atoms with Crippen LogP contribution < -0.4 is 4.74 Å². The Bertz CT molecular complexity index is 1450. The van der Waals surface area contributed by atoms with E-state index in [1.54, 1.807) is 18.2 Å². The Kier molecular flexibility index (Phi) is 6.66. The van der Waals surface area contributed by atoms with Crippen LogP contribution in [0.15, 0.2) is 94.5 Å². The molecule has 174 valence electrons. The molecule has 1 aliphatic heterocycles. The van der Waals surface area contributed by atoms with E-state index in [9.17, 15) is 9.59 Å². The number of aldehydes is 1. The highest BCUT2D eigenvalue weighted by molar-refractivity contribution is 9.10. The van der Waals surface area contributed by atoms with E-state index in [2.05, 4.69) is 34.1 Å². The van der Waals surface area contributed by atoms with Gasteiger partial charge in [-0.3, -0.25) is 9.59 Å². The first kappa shape index (κ1) is 23.3. The fourth-order valence-electron chi connectivity index (χ4n) is 4.27. The van der Waals surface area contributed by atoms with Crippen molar-refractivity contribution in [2.75, 3.05) is 6.61 Å². The highest BCUT2D eigenvalue weighted by Crippen LogP contribution is 2.35. The zero-order chi connectivity index (χ0) is 24.4. The lowest BCUT2D eigenvalue weighted by Gasteiger charge is -2.22. The number of amides is 1. The largest absolute Gasteiger partial charge is 0.483 e. The average molecular weight is 548 g/mol. The van der Waals surface area contributed by atoms with Gasteiger partial charge in [-0.2, -0.15) is 5.10 Å². The van der Waals surface area contributed by atoms with Crippen molar-refractivity contribution in [2.24, 2.45) is 5.10 Å². The van der Waals surface area contributed by atoms with Crippen molar-refractivity contribution in [1.82, 2.24) is 5.01 Å². The van der Waals surface area contributed by atoms with Gasteiger partial charge in [-0.05, 0) is 46.7 Å². The third-order valence-electron chi connectivity index (χ3n) is 5.97. The van der Waals surface area contributed by atoms with Crippen LogP contribution in [-0.2, 0) is 4.79 Å². The third-order valence-corrected chi connectivity index (χ3v) is 6.72. The molecular formula is C28H20BrClN2O3. The van der Waals surface area contributed by atoms with E-state index in [0.29, 0.717) is 29.0 Å². The number of benzene rings is 4. The van der Waals surface area contributed by atoms with Gasteiger partial charge in [0, 0.05) is 21.5 Å². The summed E-state index contributed by atoms with van der Waals surface area (Å²) in [6, 6.07) is 26.4. The van der Waals surface area contributed by atoms with Crippen LogP contribution in [0.1, 0.15) is 33.9 Å². The fourth-order valence-corrected chi connectivity index (χ4v) is 4.78. The molecule has 0 radical (unpaired) electrons. The highest BCUT2D eigenvalue weighted by atomic mass is 79.9. The van der Waals surface area contributed by atoms with Crippen molar-refractivity contribution in [2.45, 2.75) is 12.5 Å². The lowest BCUT2D eigenvalue weighted by Crippen LogP contribution is -2.31. The molecule has 4 aromatic carbocycles. The molecule has 0 fully saturated rings. The van der Waals surface area contributed by atoms with Crippen molar-refractivity contribution < 1.29 is 14.3 Å². The lowest BCUT2D eigenvalue weighted by molar-refractivity contribution is -0.135. The van der Waals surface area contributed by atoms with Crippen molar-refractivity contribution >= 4 is 56.2 Å². The van der Waals surface area contributed by atoms with Crippen LogP contribution in [0.4, 0.5) is 0 Å². The van der Waals surface area contributed by atoms with E-state index < -0.39 is 0 Å². The van der Waals surface area contributed by atoms with E-state index in [4.69, 9.17) is 21.4 Å². The zero-order valence-corrected chi connectivity index (χ0v) is 20.9. The van der Waals surface area contributed by atoms with Crippen LogP contribution in [0.3, 0.4) is 0 Å². The predicted molar refractivity (Wildman–Crippen MR) is 141 cm³/mol. The molecule has 1 unspecified atom stereocenters. The number of nitrogens with zero attached hydrogens (tertiary/aromatic N) is 2. The topological polar surface area (TPSA) is 59.0 Å². The van der Waals surface area contributed by atoms with Crippen molar-refractivity contribution in [3.8, 4) is 5.75 Å². The van der Waals surface area contributed by atoms with Gasteiger partial charge in [0.25, 0.3) is 5.91 Å². The van der Waals surface area contributed by atoms with Gasteiger partial charge >= 0.3 is 0 Å². The molecule has 1 heterocycles. The summed E-state index contributed by atoms with van der Waals surface area (Å²) >= 11 is 9.44. The summed E-state index contributed by atoms with van der Waals surface area (Å²) in [5.41, 5.74) is 3.11. The van der Waals surface area contributed by atoms with E-state index >= 15 is 0 Å². The first-order valence-corrected chi connectivity index (χ1v) is 12.2. The molecule has 1 amide bonds. The number of rotatable bonds is 6. The van der Waals surface area contributed by atoms with Gasteiger partial charge < -0.3 is 4.74 Å². The molecule has 4 aromatic rings. The number of hydrazone groups is 1. The van der Waals surface area contributed by atoms with Crippen molar-refractivity contribution in [3.63, 3.8) is 0 Å². The molecule has 0 aromatic heterocycles. The van der Waals surface area contributed by atoms with Crippen LogP contribution in [0, 0.1) is 0 Å². The monoisotopic (exact) mass is 546 g/mol. The summed E-state index contributed by atoms with van der Waals surface area (Å²) in [5.74, 6) is 0.0389. The maximum absolute atomic E-state index is 13.3. The molecule has 0 N–H and O–H groups in total. The molecular weight excluding hydrogens is 528 g/mol. The van der Waals surface area contributed by atoms with Crippen LogP contribution in [-0.4, -0.2) is 29.5 Å². The Labute approximate surface area is 216 Å². The lowest BCUT2D eigenvalue weighted by atomic mass is 9.95. The molecule has 0 bridgehead atoms. The minimum absolute atomic E-state index is 0.251. The second-order valence-electron chi connectivity index (χ2n) is 8.17. The molecule has 0 saturated heterocycles. The SMILES string of the molecule is O=Cc1cc(Br)ccc1OCC(=O)N1N=C(c2cccc3ccccc23)CC1c1ccc(Cl)cc1. The predicted octanol–water partition coefficient (Wildman–Crippen LogP) is 6.82. The minimum atomic E-state index is -0.306. The summed E-state index contributed by atoms with van der Waals surface area (Å²) in [7, 11) is 0. The number of fused-ring (bicyclic) bond motifs is 1. The number of hydrogen-bond donors (Lipinski definition) is 0. The Balaban J connectivity index is 1.47. The first-order chi connectivity index (χ1) is 17.0. The zero-order valence-electron chi connectivity index (χ0n) is 18.5. The van der Waals surface area contributed by atoms with Gasteiger partial charge in [0.2, 0.25) is 0 Å². The standard InChI is InChI=1S/C28H20BrClN2O3/c29-21-10-13-27(20(14-21)16-33)35-17-28(34)32-26(19-8-11-22(30)12-9-19)15-25(31-32)24-7-3-5-18-4-1-2-6-23(18)24/h1-14,16,26H,15,17H2. The molecule has 0 aliphatic carbocycles. The van der Waals surface area contributed by atoms with E-state index in [-0.39, 0.29) is 18.6 Å². The van der Waals surface area contributed by atoms with Crippen molar-refractivity contribution in [1.29, 1.82) is 0 Å². The normalized spacial score (nSPS) is 15.2. The fraction of sp³-hybridized carbons (Fsp3) is 0.107. The van der Waals surface area contributed by atoms with Crippen molar-refractivity contribution in [3.05, 3.63) is 111 Å². The number of carbonyl (C=O) groups excluding carboxylic acids is 2. The number of halogens is 2.